The van der Waals surface area contributed by atoms with Crippen molar-refractivity contribution >= 4 is 29.3 Å². The van der Waals surface area contributed by atoms with Crippen LogP contribution in [0.3, 0.4) is 0 Å². The van der Waals surface area contributed by atoms with Crippen LogP contribution in [0.5, 0.6) is 0 Å². The van der Waals surface area contributed by atoms with Crippen LogP contribution in [0.4, 0.5) is 10.1 Å². The summed E-state index contributed by atoms with van der Waals surface area (Å²) >= 11 is 1.51. The van der Waals surface area contributed by atoms with Gasteiger partial charge in [0.1, 0.15) is 5.82 Å². The molecule has 0 bridgehead atoms. The summed E-state index contributed by atoms with van der Waals surface area (Å²) in [5.74, 6) is -2.07. The summed E-state index contributed by atoms with van der Waals surface area (Å²) in [5.41, 5.74) is 0.406. The Morgan fingerprint density at radius 1 is 0.889 bits per heavy atom. The average Bonchev–Trinajstić information content (AvgIpc) is 2.69. The first kappa shape index (κ1) is 18.7. The van der Waals surface area contributed by atoms with Crippen LogP contribution in [0.15, 0.2) is 88.7 Å². The van der Waals surface area contributed by atoms with Gasteiger partial charge in [0.2, 0.25) is 0 Å². The lowest BCUT2D eigenvalue weighted by Crippen LogP contribution is -2.21. The predicted octanol–water partition coefficient (Wildman–Crippen LogP) is 4.77. The predicted molar refractivity (Wildman–Crippen MR) is 102 cm³/mol. The number of halogens is 1. The van der Waals surface area contributed by atoms with Crippen LogP contribution in [0, 0.1) is 5.82 Å². The van der Waals surface area contributed by atoms with Gasteiger partial charge in [-0.15, -0.1) is 0 Å². The number of hydrogen-bond acceptors (Lipinski definition) is 4. The third-order valence-corrected chi connectivity index (χ3v) is 4.64. The Hall–Kier alpha value is -3.12. The van der Waals surface area contributed by atoms with Crippen molar-refractivity contribution < 1.29 is 18.7 Å². The molecule has 0 aromatic heterocycles. The number of ether oxygens (including phenoxy) is 1. The van der Waals surface area contributed by atoms with E-state index < -0.39 is 24.3 Å². The molecule has 6 heteroatoms. The number of amides is 1. The highest BCUT2D eigenvalue weighted by molar-refractivity contribution is 7.99. The maximum absolute atomic E-state index is 13.6. The number of carbonyl (C=O) groups excluding carboxylic acids is 2. The van der Waals surface area contributed by atoms with Gasteiger partial charge in [-0.25, -0.2) is 9.18 Å². The Balaban J connectivity index is 1.61. The van der Waals surface area contributed by atoms with Gasteiger partial charge in [0.15, 0.2) is 6.61 Å². The quantitative estimate of drug-likeness (QED) is 0.625. The topological polar surface area (TPSA) is 55.4 Å². The molecule has 27 heavy (non-hydrogen) atoms. The molecule has 0 aliphatic carbocycles. The molecule has 4 nitrogen and oxygen atoms in total. The maximum atomic E-state index is 13.6. The molecule has 0 saturated heterocycles. The van der Waals surface area contributed by atoms with Crippen molar-refractivity contribution in [2.45, 2.75) is 9.79 Å². The van der Waals surface area contributed by atoms with Crippen molar-refractivity contribution in [3.05, 3.63) is 90.2 Å². The second-order valence-corrected chi connectivity index (χ2v) is 6.63. The van der Waals surface area contributed by atoms with Crippen LogP contribution >= 0.6 is 11.8 Å². The minimum absolute atomic E-state index is 0.203. The fourth-order valence-electron chi connectivity index (χ4n) is 2.30. The van der Waals surface area contributed by atoms with E-state index in [1.54, 1.807) is 12.1 Å². The third kappa shape index (κ3) is 5.18. The van der Waals surface area contributed by atoms with Crippen molar-refractivity contribution in [3.8, 4) is 0 Å². The Labute approximate surface area is 160 Å². The number of para-hydroxylation sites is 1. The first-order valence-corrected chi connectivity index (χ1v) is 8.98. The highest BCUT2D eigenvalue weighted by Crippen LogP contribution is 2.33. The van der Waals surface area contributed by atoms with E-state index in [9.17, 15) is 14.0 Å². The zero-order chi connectivity index (χ0) is 19.1. The number of nitrogens with one attached hydrogen (secondary N) is 1. The second kappa shape index (κ2) is 9.00. The molecule has 0 spiro atoms. The van der Waals surface area contributed by atoms with Crippen molar-refractivity contribution in [1.29, 1.82) is 0 Å². The van der Waals surface area contributed by atoms with Crippen LogP contribution in [0.2, 0.25) is 0 Å². The molecule has 0 atom stereocenters. The number of benzene rings is 3. The Kier molecular flexibility index (Phi) is 6.22. The van der Waals surface area contributed by atoms with Gasteiger partial charge in [0.25, 0.3) is 5.91 Å². The largest absolute Gasteiger partial charge is 0.452 e. The maximum Gasteiger partial charge on any atom is 0.341 e. The summed E-state index contributed by atoms with van der Waals surface area (Å²) in [6.07, 6.45) is 0. The normalized spacial score (nSPS) is 10.3. The third-order valence-electron chi connectivity index (χ3n) is 3.56. The van der Waals surface area contributed by atoms with Crippen LogP contribution in [-0.2, 0) is 9.53 Å². The zero-order valence-corrected chi connectivity index (χ0v) is 15.0. The van der Waals surface area contributed by atoms with Crippen molar-refractivity contribution in [2.24, 2.45) is 0 Å². The number of hydrogen-bond donors (Lipinski definition) is 1. The van der Waals surface area contributed by atoms with Gasteiger partial charge in [-0.05, 0) is 36.4 Å². The standard InChI is InChI=1S/C21H16FNO3S/c22-17-11-5-4-10-16(17)21(25)26-14-20(24)23-18-12-6-7-13-19(18)27-15-8-2-1-3-9-15/h1-13H,14H2,(H,23,24). The summed E-state index contributed by atoms with van der Waals surface area (Å²) in [7, 11) is 0. The lowest BCUT2D eigenvalue weighted by atomic mass is 10.2. The van der Waals surface area contributed by atoms with Gasteiger partial charge in [-0.1, -0.05) is 54.2 Å². The Bertz CT molecular complexity index is 947. The first-order chi connectivity index (χ1) is 13.1. The molecule has 0 fully saturated rings. The van der Waals surface area contributed by atoms with Gasteiger partial charge in [0.05, 0.1) is 11.3 Å². The molecule has 136 valence electrons. The number of carbonyl (C=O) groups is 2. The smallest absolute Gasteiger partial charge is 0.341 e. The minimum atomic E-state index is -0.879. The van der Waals surface area contributed by atoms with E-state index in [2.05, 4.69) is 5.32 Å². The molecule has 3 aromatic carbocycles. The van der Waals surface area contributed by atoms with E-state index in [0.717, 1.165) is 15.9 Å². The summed E-state index contributed by atoms with van der Waals surface area (Å²) < 4.78 is 18.5. The monoisotopic (exact) mass is 381 g/mol. The average molecular weight is 381 g/mol. The first-order valence-electron chi connectivity index (χ1n) is 8.17. The van der Waals surface area contributed by atoms with E-state index in [4.69, 9.17) is 4.74 Å². The van der Waals surface area contributed by atoms with Gasteiger partial charge in [-0.2, -0.15) is 0 Å². The molecular formula is C21H16FNO3S. The van der Waals surface area contributed by atoms with E-state index in [0.29, 0.717) is 5.69 Å². The zero-order valence-electron chi connectivity index (χ0n) is 14.2. The molecule has 1 N–H and O–H groups in total. The molecule has 3 aromatic rings. The number of rotatable bonds is 6. The summed E-state index contributed by atoms with van der Waals surface area (Å²) in [4.78, 5) is 25.9. The van der Waals surface area contributed by atoms with E-state index in [1.807, 2.05) is 42.5 Å². The van der Waals surface area contributed by atoms with Crippen LogP contribution < -0.4 is 5.32 Å². The summed E-state index contributed by atoms with van der Waals surface area (Å²) in [6, 6.07) is 22.5. The highest BCUT2D eigenvalue weighted by Gasteiger charge is 2.15. The summed E-state index contributed by atoms with van der Waals surface area (Å²) in [6.45, 7) is -0.502. The fourth-order valence-corrected chi connectivity index (χ4v) is 3.22. The molecule has 0 saturated carbocycles. The Morgan fingerprint density at radius 3 is 2.33 bits per heavy atom. The summed E-state index contributed by atoms with van der Waals surface area (Å²) in [5, 5.41) is 2.72. The van der Waals surface area contributed by atoms with E-state index in [1.165, 1.54) is 30.0 Å². The highest BCUT2D eigenvalue weighted by atomic mass is 32.2. The van der Waals surface area contributed by atoms with Crippen molar-refractivity contribution in [3.63, 3.8) is 0 Å². The lowest BCUT2D eigenvalue weighted by Gasteiger charge is -2.11. The van der Waals surface area contributed by atoms with Crippen molar-refractivity contribution in [2.75, 3.05) is 11.9 Å². The SMILES string of the molecule is O=C(COC(=O)c1ccccc1F)Nc1ccccc1Sc1ccccc1. The molecule has 3 rings (SSSR count). The molecule has 0 unspecified atom stereocenters. The van der Waals surface area contributed by atoms with E-state index in [-0.39, 0.29) is 5.56 Å². The van der Waals surface area contributed by atoms with Crippen LogP contribution in [0.1, 0.15) is 10.4 Å². The molecule has 0 aliphatic rings. The van der Waals surface area contributed by atoms with Gasteiger partial charge in [0, 0.05) is 9.79 Å². The fraction of sp³-hybridized carbons (Fsp3) is 0.0476. The number of esters is 1. The van der Waals surface area contributed by atoms with E-state index >= 15 is 0 Å². The van der Waals surface area contributed by atoms with Gasteiger partial charge < -0.3 is 10.1 Å². The molecule has 1 amide bonds. The molecule has 0 aliphatic heterocycles. The molecule has 0 radical (unpaired) electrons. The number of anilines is 1. The minimum Gasteiger partial charge on any atom is -0.452 e. The van der Waals surface area contributed by atoms with Gasteiger partial charge >= 0.3 is 5.97 Å². The van der Waals surface area contributed by atoms with Crippen LogP contribution in [-0.4, -0.2) is 18.5 Å². The molecular weight excluding hydrogens is 365 g/mol. The second-order valence-electron chi connectivity index (χ2n) is 5.52. The lowest BCUT2D eigenvalue weighted by molar-refractivity contribution is -0.119. The van der Waals surface area contributed by atoms with Gasteiger partial charge in [-0.3, -0.25) is 4.79 Å². The van der Waals surface area contributed by atoms with Crippen molar-refractivity contribution in [1.82, 2.24) is 0 Å². The Morgan fingerprint density at radius 2 is 1.56 bits per heavy atom. The molecule has 0 heterocycles. The van der Waals surface area contributed by atoms with Crippen LogP contribution in [0.25, 0.3) is 0 Å².